The van der Waals surface area contributed by atoms with Crippen LogP contribution in [-0.4, -0.2) is 5.91 Å². The molecule has 0 radical (unpaired) electrons. The van der Waals surface area contributed by atoms with Gasteiger partial charge in [0, 0.05) is 11.3 Å². The van der Waals surface area contributed by atoms with Crippen LogP contribution in [-0.2, 0) is 18.0 Å². The average Bonchev–Trinajstić information content (AvgIpc) is 2.92. The minimum Gasteiger partial charge on any atom is -0.489 e. The maximum absolute atomic E-state index is 13.9. The third kappa shape index (κ3) is 7.43. The van der Waals surface area contributed by atoms with E-state index >= 15 is 0 Å². The summed E-state index contributed by atoms with van der Waals surface area (Å²) in [6.07, 6.45) is 1.50. The predicted molar refractivity (Wildman–Crippen MR) is 157 cm³/mol. The number of amides is 1. The van der Waals surface area contributed by atoms with Crippen LogP contribution in [0.1, 0.15) is 16.7 Å². The molecule has 1 amide bonds. The van der Waals surface area contributed by atoms with Crippen LogP contribution in [0.4, 0.5) is 10.1 Å². The van der Waals surface area contributed by atoms with E-state index in [0.717, 1.165) is 9.13 Å². The molecule has 4 aromatic rings. The Morgan fingerprint density at radius 2 is 1.68 bits per heavy atom. The molecule has 4 aromatic carbocycles. The van der Waals surface area contributed by atoms with Crippen LogP contribution >= 0.6 is 38.5 Å². The lowest BCUT2D eigenvalue weighted by Gasteiger charge is -2.12. The van der Waals surface area contributed by atoms with Crippen LogP contribution in [0, 0.1) is 20.7 Å². The Kier molecular flexibility index (Phi) is 9.51. The zero-order valence-corrected chi connectivity index (χ0v) is 23.7. The van der Waals surface area contributed by atoms with Crippen molar-refractivity contribution in [2.45, 2.75) is 13.2 Å². The van der Waals surface area contributed by atoms with Crippen LogP contribution in [0.2, 0.25) is 0 Å². The second kappa shape index (κ2) is 13.2. The Morgan fingerprint density at radius 1 is 0.974 bits per heavy atom. The predicted octanol–water partition coefficient (Wildman–Crippen LogP) is 7.90. The first-order chi connectivity index (χ1) is 18.4. The highest BCUT2D eigenvalue weighted by Crippen LogP contribution is 2.33. The van der Waals surface area contributed by atoms with Crippen LogP contribution in [0.3, 0.4) is 0 Å². The maximum Gasteiger partial charge on any atom is 0.266 e. The Balaban J connectivity index is 1.40. The number of rotatable bonds is 9. The molecule has 8 heteroatoms. The summed E-state index contributed by atoms with van der Waals surface area (Å²) in [5, 5.41) is 12.4. The molecule has 0 bridgehead atoms. The van der Waals surface area contributed by atoms with Gasteiger partial charge in [-0.2, -0.15) is 5.26 Å². The molecule has 0 aliphatic carbocycles. The molecule has 0 heterocycles. The number of ether oxygens (including phenoxy) is 2. The van der Waals surface area contributed by atoms with E-state index in [-0.39, 0.29) is 18.0 Å². The zero-order chi connectivity index (χ0) is 26.9. The molecule has 0 saturated carbocycles. The fourth-order valence-electron chi connectivity index (χ4n) is 3.46. The van der Waals surface area contributed by atoms with E-state index in [1.807, 2.05) is 36.4 Å². The molecule has 0 atom stereocenters. The number of nitriles is 1. The number of nitrogens with one attached hydrogen (secondary N) is 1. The lowest BCUT2D eigenvalue weighted by atomic mass is 10.1. The number of halogens is 3. The smallest absolute Gasteiger partial charge is 0.266 e. The van der Waals surface area contributed by atoms with E-state index in [1.54, 1.807) is 54.6 Å². The Hall–Kier alpha value is -3.68. The Labute approximate surface area is 242 Å². The first-order valence-corrected chi connectivity index (χ1v) is 13.4. The summed E-state index contributed by atoms with van der Waals surface area (Å²) in [6, 6.07) is 28.7. The van der Waals surface area contributed by atoms with Crippen molar-refractivity contribution in [3.63, 3.8) is 0 Å². The van der Waals surface area contributed by atoms with E-state index in [9.17, 15) is 14.4 Å². The number of nitrogens with zero attached hydrogens (tertiary/aromatic N) is 1. The number of hydrogen-bond donors (Lipinski definition) is 1. The summed E-state index contributed by atoms with van der Waals surface area (Å²) < 4.78 is 26.9. The Morgan fingerprint density at radius 3 is 2.37 bits per heavy atom. The quantitative estimate of drug-likeness (QED) is 0.111. The molecule has 0 unspecified atom stereocenters. The molecule has 38 heavy (non-hydrogen) atoms. The van der Waals surface area contributed by atoms with Gasteiger partial charge < -0.3 is 14.8 Å². The summed E-state index contributed by atoms with van der Waals surface area (Å²) >= 11 is 5.58. The number of carbonyl (C=O) groups excluding carboxylic acids is 1. The second-order valence-corrected chi connectivity index (χ2v) is 10.1. The molecule has 0 saturated heterocycles. The van der Waals surface area contributed by atoms with Crippen molar-refractivity contribution in [3.05, 3.63) is 127 Å². The van der Waals surface area contributed by atoms with Gasteiger partial charge in [0.05, 0.1) is 8.04 Å². The van der Waals surface area contributed by atoms with Crippen molar-refractivity contribution < 1.29 is 18.7 Å². The average molecular weight is 683 g/mol. The molecular weight excluding hydrogens is 662 g/mol. The van der Waals surface area contributed by atoms with Crippen molar-refractivity contribution in [1.29, 1.82) is 5.26 Å². The van der Waals surface area contributed by atoms with E-state index in [2.05, 4.69) is 43.8 Å². The zero-order valence-electron chi connectivity index (χ0n) is 20.0. The van der Waals surface area contributed by atoms with E-state index in [1.165, 1.54) is 12.1 Å². The molecule has 0 aromatic heterocycles. The molecule has 0 aliphatic heterocycles. The fourth-order valence-corrected chi connectivity index (χ4v) is 5.22. The highest BCUT2D eigenvalue weighted by Gasteiger charge is 2.13. The molecule has 4 rings (SSSR count). The molecule has 0 spiro atoms. The van der Waals surface area contributed by atoms with Gasteiger partial charge in [-0.1, -0.05) is 48.5 Å². The molecule has 190 valence electrons. The Bertz CT molecular complexity index is 1480. The topological polar surface area (TPSA) is 71.3 Å². The highest BCUT2D eigenvalue weighted by atomic mass is 127. The van der Waals surface area contributed by atoms with Gasteiger partial charge in [-0.05, 0) is 98.2 Å². The van der Waals surface area contributed by atoms with Crippen molar-refractivity contribution in [2.24, 2.45) is 0 Å². The van der Waals surface area contributed by atoms with Crippen LogP contribution in [0.15, 0.2) is 101 Å². The van der Waals surface area contributed by atoms with E-state index in [0.29, 0.717) is 39.4 Å². The third-order valence-electron chi connectivity index (χ3n) is 5.39. The molecular formula is C30H21BrFIN2O3. The van der Waals surface area contributed by atoms with Crippen molar-refractivity contribution in [2.75, 3.05) is 5.32 Å². The van der Waals surface area contributed by atoms with Gasteiger partial charge in [-0.3, -0.25) is 4.79 Å². The number of hydrogen-bond acceptors (Lipinski definition) is 4. The van der Waals surface area contributed by atoms with Crippen molar-refractivity contribution in [1.82, 2.24) is 0 Å². The first-order valence-electron chi connectivity index (χ1n) is 11.5. The summed E-state index contributed by atoms with van der Waals surface area (Å²) in [7, 11) is 0. The summed E-state index contributed by atoms with van der Waals surface area (Å²) in [5.41, 5.74) is 2.61. The van der Waals surface area contributed by atoms with Crippen LogP contribution in [0.25, 0.3) is 6.08 Å². The van der Waals surface area contributed by atoms with Crippen molar-refractivity contribution >= 4 is 56.2 Å². The third-order valence-corrected chi connectivity index (χ3v) is 6.78. The van der Waals surface area contributed by atoms with Gasteiger partial charge in [0.1, 0.15) is 42.2 Å². The van der Waals surface area contributed by atoms with Gasteiger partial charge in [-0.25, -0.2) is 4.39 Å². The second-order valence-electron chi connectivity index (χ2n) is 8.12. The number of benzene rings is 4. The highest BCUT2D eigenvalue weighted by molar-refractivity contribution is 14.1. The van der Waals surface area contributed by atoms with Crippen LogP contribution < -0.4 is 14.8 Å². The van der Waals surface area contributed by atoms with Gasteiger partial charge >= 0.3 is 0 Å². The lowest BCUT2D eigenvalue weighted by molar-refractivity contribution is -0.112. The summed E-state index contributed by atoms with van der Waals surface area (Å²) in [6.45, 7) is 0.508. The van der Waals surface area contributed by atoms with E-state index < -0.39 is 5.91 Å². The minimum atomic E-state index is -0.531. The van der Waals surface area contributed by atoms with Crippen LogP contribution in [0.5, 0.6) is 11.5 Å². The normalized spacial score (nSPS) is 10.9. The molecule has 5 nitrogen and oxygen atoms in total. The van der Waals surface area contributed by atoms with Gasteiger partial charge in [0.25, 0.3) is 5.91 Å². The number of anilines is 1. The molecule has 0 aliphatic rings. The maximum atomic E-state index is 13.9. The lowest BCUT2D eigenvalue weighted by Crippen LogP contribution is -2.13. The first kappa shape index (κ1) is 27.4. The SMILES string of the molecule is N#C/C(=C\c1cc(Br)c(OCc2ccccc2F)c(I)c1)C(=O)Nc1ccc(OCc2ccccc2)cc1. The molecule has 0 fully saturated rings. The standard InChI is InChI=1S/C30H21BrFIN2O3/c31-26-15-21(16-28(33)29(26)38-19-22-8-4-5-9-27(22)32)14-23(17-34)30(36)35-24-10-12-25(13-11-24)37-18-20-6-2-1-3-7-20/h1-16H,18-19H2,(H,35,36)/b23-14+. The largest absolute Gasteiger partial charge is 0.489 e. The van der Waals surface area contributed by atoms with Crippen molar-refractivity contribution in [3.8, 4) is 17.6 Å². The fraction of sp³-hybridized carbons (Fsp3) is 0.0667. The van der Waals surface area contributed by atoms with Gasteiger partial charge in [0.2, 0.25) is 0 Å². The van der Waals surface area contributed by atoms with Gasteiger partial charge in [0.15, 0.2) is 0 Å². The number of carbonyl (C=O) groups is 1. The van der Waals surface area contributed by atoms with E-state index in [4.69, 9.17) is 9.47 Å². The minimum absolute atomic E-state index is 0.0582. The van der Waals surface area contributed by atoms with Gasteiger partial charge in [-0.15, -0.1) is 0 Å². The monoisotopic (exact) mass is 682 g/mol. The summed E-state index contributed by atoms with van der Waals surface area (Å²) in [5.74, 6) is 0.344. The summed E-state index contributed by atoms with van der Waals surface area (Å²) in [4.78, 5) is 12.8. The molecule has 1 N–H and O–H groups in total.